The maximum absolute atomic E-state index is 11.4. The van der Waals surface area contributed by atoms with Crippen molar-refractivity contribution in [3.05, 3.63) is 92.8 Å². The van der Waals surface area contributed by atoms with Gasteiger partial charge in [0.15, 0.2) is 0 Å². The predicted octanol–water partition coefficient (Wildman–Crippen LogP) is 2.02. The maximum Gasteiger partial charge on any atom is 0.327 e. The van der Waals surface area contributed by atoms with E-state index in [9.17, 15) is 9.59 Å². The van der Waals surface area contributed by atoms with Gasteiger partial charge in [0.1, 0.15) is 0 Å². The summed E-state index contributed by atoms with van der Waals surface area (Å²) < 4.78 is 1.49. The Balaban J connectivity index is 0.000000313. The van der Waals surface area contributed by atoms with Crippen molar-refractivity contribution in [1.82, 2.24) is 9.55 Å². The minimum atomic E-state index is -0.369. The predicted molar refractivity (Wildman–Crippen MR) is 79.2 cm³/mol. The molecule has 0 atom stereocenters. The summed E-state index contributed by atoms with van der Waals surface area (Å²) in [7, 11) is 0. The van der Waals surface area contributed by atoms with Crippen molar-refractivity contribution in [3.8, 4) is 0 Å². The number of hydrogen-bond donors (Lipinski definition) is 1. The van der Waals surface area contributed by atoms with Crippen LogP contribution in [0.3, 0.4) is 0 Å². The molecule has 0 aliphatic rings. The summed E-state index contributed by atoms with van der Waals surface area (Å²) in [6.45, 7) is 2.17. The van der Waals surface area contributed by atoms with Crippen molar-refractivity contribution in [1.29, 1.82) is 0 Å². The number of hydrogen-bond acceptors (Lipinski definition) is 2. The Kier molecular flexibility index (Phi) is 6.66. The molecule has 0 bridgehead atoms. The molecule has 21 heavy (non-hydrogen) atoms. The maximum atomic E-state index is 11.4. The molecule has 0 unspecified atom stereocenters. The second-order valence-corrected chi connectivity index (χ2v) is 4.45. The van der Waals surface area contributed by atoms with Gasteiger partial charge in [-0.3, -0.25) is 9.78 Å². The molecule has 0 saturated carbocycles. The van der Waals surface area contributed by atoms with E-state index >= 15 is 0 Å². The smallest absolute Gasteiger partial charge is 0.307 e. The number of H-pyrrole nitrogens is 1. The molecule has 0 amide bonds. The van der Waals surface area contributed by atoms with Gasteiger partial charge in [-0.15, -0.1) is 5.56 Å². The van der Waals surface area contributed by atoms with Gasteiger partial charge in [-0.1, -0.05) is 0 Å². The number of aromatic nitrogens is 2. The molecule has 0 aliphatic heterocycles. The SMILES string of the molecule is Cc1cn(C[c-]2cccc2)c(=O)[nH]c1=O.[Fe].c1cc[cH-]c1. The molecule has 2 aromatic carbocycles. The molecule has 0 spiro atoms. The summed E-state index contributed by atoms with van der Waals surface area (Å²) in [5.41, 5.74) is 0.898. The summed E-state index contributed by atoms with van der Waals surface area (Å²) in [6, 6.07) is 17.7. The van der Waals surface area contributed by atoms with Crippen LogP contribution in [0.4, 0.5) is 0 Å². The Morgan fingerprint density at radius 3 is 2.29 bits per heavy atom. The summed E-state index contributed by atoms with van der Waals surface area (Å²) in [5, 5.41) is 0. The molecule has 0 saturated heterocycles. The third-order valence-corrected chi connectivity index (χ3v) is 2.83. The quantitative estimate of drug-likeness (QED) is 0.579. The minimum Gasteiger partial charge on any atom is -0.307 e. The van der Waals surface area contributed by atoms with Gasteiger partial charge in [-0.25, -0.2) is 29.1 Å². The fourth-order valence-electron chi connectivity index (χ4n) is 1.77. The van der Waals surface area contributed by atoms with Crippen molar-refractivity contribution in [2.24, 2.45) is 0 Å². The van der Waals surface area contributed by atoms with Crippen molar-refractivity contribution in [2.45, 2.75) is 13.5 Å². The molecule has 1 heterocycles. The van der Waals surface area contributed by atoms with E-state index in [0.29, 0.717) is 12.1 Å². The average Bonchev–Trinajstić information content (AvgIpc) is 3.12. The Bertz CT molecular complexity index is 720. The largest absolute Gasteiger partial charge is 0.327 e. The van der Waals surface area contributed by atoms with Crippen LogP contribution in [0.15, 0.2) is 70.4 Å². The molecule has 0 fully saturated rings. The van der Waals surface area contributed by atoms with Crippen molar-refractivity contribution >= 4 is 0 Å². The van der Waals surface area contributed by atoms with E-state index in [4.69, 9.17) is 0 Å². The molecule has 5 heteroatoms. The van der Waals surface area contributed by atoms with Crippen LogP contribution >= 0.6 is 0 Å². The first kappa shape index (κ1) is 17.0. The molecule has 1 N–H and O–H groups in total. The Morgan fingerprint density at radius 1 is 1.14 bits per heavy atom. The van der Waals surface area contributed by atoms with E-state index in [-0.39, 0.29) is 28.3 Å². The first-order valence-corrected chi connectivity index (χ1v) is 6.34. The normalized spacial score (nSPS) is 9.38. The summed E-state index contributed by atoms with van der Waals surface area (Å²) in [5.74, 6) is 0. The number of rotatable bonds is 2. The molecule has 4 nitrogen and oxygen atoms in total. The van der Waals surface area contributed by atoms with Crippen LogP contribution < -0.4 is 11.2 Å². The second-order valence-electron chi connectivity index (χ2n) is 4.45. The molecular formula is C16H16FeN2O2-2. The van der Waals surface area contributed by atoms with Gasteiger partial charge in [-0.05, 0) is 6.92 Å². The molecule has 3 rings (SSSR count). The van der Waals surface area contributed by atoms with Crippen LogP contribution in [0.2, 0.25) is 0 Å². The summed E-state index contributed by atoms with van der Waals surface area (Å²) in [6.07, 6.45) is 1.58. The van der Waals surface area contributed by atoms with Gasteiger partial charge in [0.05, 0.1) is 0 Å². The topological polar surface area (TPSA) is 54.9 Å². The fraction of sp³-hybridized carbons (Fsp3) is 0.125. The number of nitrogens with zero attached hydrogens (tertiary/aromatic N) is 1. The molecule has 1 aromatic heterocycles. The van der Waals surface area contributed by atoms with E-state index in [0.717, 1.165) is 5.56 Å². The van der Waals surface area contributed by atoms with Gasteiger partial charge >= 0.3 is 5.69 Å². The van der Waals surface area contributed by atoms with E-state index in [1.54, 1.807) is 13.1 Å². The van der Waals surface area contributed by atoms with Crippen LogP contribution in [0.5, 0.6) is 0 Å². The van der Waals surface area contributed by atoms with Crippen LogP contribution in [-0.4, -0.2) is 9.55 Å². The Morgan fingerprint density at radius 2 is 1.76 bits per heavy atom. The molecule has 0 aliphatic carbocycles. The van der Waals surface area contributed by atoms with Gasteiger partial charge < -0.3 is 4.57 Å². The van der Waals surface area contributed by atoms with Crippen LogP contribution in [-0.2, 0) is 23.6 Å². The molecule has 112 valence electrons. The fourth-order valence-corrected chi connectivity index (χ4v) is 1.77. The summed E-state index contributed by atoms with van der Waals surface area (Å²) in [4.78, 5) is 24.8. The molecule has 3 aromatic rings. The Hall–Kier alpha value is -2.10. The number of aromatic amines is 1. The standard InChI is InChI=1S/C11H11N2O2.C5H5.Fe/c1-8-6-13(11(15)12-10(8)14)7-9-4-2-3-5-9;1-2-4-5-3-1;/h2-6H,7H2,1H3,(H,12,14,15);1-5H;/q2*-1;. The monoisotopic (exact) mass is 324 g/mol. The van der Waals surface area contributed by atoms with E-state index in [2.05, 4.69) is 4.98 Å². The molecular weight excluding hydrogens is 308 g/mol. The van der Waals surface area contributed by atoms with Crippen molar-refractivity contribution in [3.63, 3.8) is 0 Å². The third-order valence-electron chi connectivity index (χ3n) is 2.83. The zero-order chi connectivity index (χ0) is 14.4. The van der Waals surface area contributed by atoms with E-state index < -0.39 is 0 Å². The first-order chi connectivity index (χ1) is 9.66. The number of nitrogens with one attached hydrogen (secondary N) is 1. The average molecular weight is 324 g/mol. The van der Waals surface area contributed by atoms with E-state index in [1.807, 2.05) is 54.6 Å². The van der Waals surface area contributed by atoms with Crippen molar-refractivity contribution in [2.75, 3.05) is 0 Å². The molecule has 0 radical (unpaired) electrons. The van der Waals surface area contributed by atoms with E-state index in [1.165, 1.54) is 4.57 Å². The van der Waals surface area contributed by atoms with Crippen LogP contribution in [0.25, 0.3) is 0 Å². The van der Waals surface area contributed by atoms with Crippen molar-refractivity contribution < 1.29 is 17.1 Å². The summed E-state index contributed by atoms with van der Waals surface area (Å²) >= 11 is 0. The van der Waals surface area contributed by atoms with Gasteiger partial charge in [-0.2, -0.15) is 30.3 Å². The van der Waals surface area contributed by atoms with Gasteiger partial charge in [0.25, 0.3) is 5.56 Å². The number of aryl methyl sites for hydroxylation is 1. The minimum absolute atomic E-state index is 0. The third kappa shape index (κ3) is 5.06. The van der Waals surface area contributed by atoms with Crippen LogP contribution in [0, 0.1) is 6.92 Å². The van der Waals surface area contributed by atoms with Crippen LogP contribution in [0.1, 0.15) is 11.1 Å². The Labute approximate surface area is 133 Å². The first-order valence-electron chi connectivity index (χ1n) is 6.34. The van der Waals surface area contributed by atoms with Gasteiger partial charge in [0.2, 0.25) is 0 Å². The second kappa shape index (κ2) is 8.25. The van der Waals surface area contributed by atoms with Gasteiger partial charge in [0, 0.05) is 35.4 Å². The zero-order valence-corrected chi connectivity index (χ0v) is 12.7. The zero-order valence-electron chi connectivity index (χ0n) is 11.6.